The average Bonchev–Trinajstić information content (AvgIpc) is 2.50. The summed E-state index contributed by atoms with van der Waals surface area (Å²) in [6.45, 7) is 6.61. The molecule has 0 spiro atoms. The second kappa shape index (κ2) is 6.89. The Bertz CT molecular complexity index is 571. The van der Waals surface area contributed by atoms with Crippen molar-refractivity contribution in [2.75, 3.05) is 18.4 Å². The van der Waals surface area contributed by atoms with Gasteiger partial charge in [-0.2, -0.15) is 0 Å². The van der Waals surface area contributed by atoms with Crippen molar-refractivity contribution in [1.82, 2.24) is 4.90 Å². The van der Waals surface area contributed by atoms with Crippen LogP contribution < -0.4 is 5.32 Å². The van der Waals surface area contributed by atoms with Crippen LogP contribution in [-0.2, 0) is 9.59 Å². The predicted molar refractivity (Wildman–Crippen MR) is 87.0 cm³/mol. The van der Waals surface area contributed by atoms with Crippen LogP contribution in [0.4, 0.5) is 5.69 Å². The third-order valence-electron chi connectivity index (χ3n) is 3.74. The van der Waals surface area contributed by atoms with Gasteiger partial charge in [0.25, 0.3) is 0 Å². The SMILES string of the molecule is C=CC(=O)N1CCCC(C(=O)Nc2cc(Br)ccc2C)C1. The van der Waals surface area contributed by atoms with Gasteiger partial charge in [0, 0.05) is 23.2 Å². The maximum absolute atomic E-state index is 12.4. The number of rotatable bonds is 3. The zero-order valence-electron chi connectivity index (χ0n) is 12.1. The first kappa shape index (κ1) is 15.8. The van der Waals surface area contributed by atoms with Crippen LogP contribution in [0.3, 0.4) is 0 Å². The van der Waals surface area contributed by atoms with Crippen molar-refractivity contribution in [2.45, 2.75) is 19.8 Å². The van der Waals surface area contributed by atoms with Gasteiger partial charge in [-0.1, -0.05) is 28.6 Å². The van der Waals surface area contributed by atoms with E-state index >= 15 is 0 Å². The number of hydrogen-bond acceptors (Lipinski definition) is 2. The monoisotopic (exact) mass is 350 g/mol. The van der Waals surface area contributed by atoms with E-state index in [1.54, 1.807) is 4.90 Å². The molecule has 0 radical (unpaired) electrons. The van der Waals surface area contributed by atoms with Gasteiger partial charge < -0.3 is 10.2 Å². The summed E-state index contributed by atoms with van der Waals surface area (Å²) >= 11 is 3.40. The Morgan fingerprint density at radius 1 is 1.48 bits per heavy atom. The lowest BCUT2D eigenvalue weighted by Gasteiger charge is -2.31. The second-order valence-corrected chi connectivity index (χ2v) is 6.19. The number of hydrogen-bond donors (Lipinski definition) is 1. The van der Waals surface area contributed by atoms with Gasteiger partial charge in [0.2, 0.25) is 11.8 Å². The van der Waals surface area contributed by atoms with E-state index in [9.17, 15) is 9.59 Å². The fourth-order valence-corrected chi connectivity index (χ4v) is 2.85. The number of carbonyl (C=O) groups excluding carboxylic acids is 2. The van der Waals surface area contributed by atoms with Crippen molar-refractivity contribution < 1.29 is 9.59 Å². The van der Waals surface area contributed by atoms with Gasteiger partial charge in [0.15, 0.2) is 0 Å². The Hall–Kier alpha value is -1.62. The third-order valence-corrected chi connectivity index (χ3v) is 4.23. The molecule has 0 bridgehead atoms. The summed E-state index contributed by atoms with van der Waals surface area (Å²) in [4.78, 5) is 25.7. The summed E-state index contributed by atoms with van der Waals surface area (Å²) in [5, 5.41) is 2.97. The summed E-state index contributed by atoms with van der Waals surface area (Å²) in [5.74, 6) is -0.301. The largest absolute Gasteiger partial charge is 0.338 e. The van der Waals surface area contributed by atoms with E-state index in [1.165, 1.54) is 6.08 Å². The lowest BCUT2D eigenvalue weighted by Crippen LogP contribution is -2.43. The van der Waals surface area contributed by atoms with Crippen LogP contribution in [0.5, 0.6) is 0 Å². The molecule has 1 unspecified atom stereocenters. The molecule has 0 aliphatic carbocycles. The first-order valence-corrected chi connectivity index (χ1v) is 7.79. The van der Waals surface area contributed by atoms with Crippen molar-refractivity contribution in [3.63, 3.8) is 0 Å². The minimum atomic E-state index is -0.166. The third kappa shape index (κ3) is 3.94. The van der Waals surface area contributed by atoms with E-state index in [1.807, 2.05) is 25.1 Å². The van der Waals surface area contributed by atoms with Crippen LogP contribution in [-0.4, -0.2) is 29.8 Å². The normalized spacial score (nSPS) is 18.2. The molecule has 1 saturated heterocycles. The molecule has 5 heteroatoms. The number of benzene rings is 1. The molecule has 1 fully saturated rings. The lowest BCUT2D eigenvalue weighted by atomic mass is 9.96. The molecular weight excluding hydrogens is 332 g/mol. The maximum Gasteiger partial charge on any atom is 0.245 e. The van der Waals surface area contributed by atoms with Crippen molar-refractivity contribution in [1.29, 1.82) is 0 Å². The fraction of sp³-hybridized carbons (Fsp3) is 0.375. The molecule has 1 aliphatic rings. The molecular formula is C16H19BrN2O2. The van der Waals surface area contributed by atoms with Gasteiger partial charge in [-0.15, -0.1) is 0 Å². The number of anilines is 1. The average molecular weight is 351 g/mol. The number of nitrogens with zero attached hydrogens (tertiary/aromatic N) is 1. The molecule has 112 valence electrons. The molecule has 4 nitrogen and oxygen atoms in total. The number of carbonyl (C=O) groups is 2. The highest BCUT2D eigenvalue weighted by Gasteiger charge is 2.27. The Kier molecular flexibility index (Phi) is 5.17. The van der Waals surface area contributed by atoms with Crippen LogP contribution in [0.15, 0.2) is 35.3 Å². The number of aryl methyl sites for hydroxylation is 1. The molecule has 0 aromatic heterocycles. The molecule has 2 amide bonds. The minimum absolute atomic E-state index is 0.0298. The smallest absolute Gasteiger partial charge is 0.245 e. The quantitative estimate of drug-likeness (QED) is 0.851. The van der Waals surface area contributed by atoms with Crippen molar-refractivity contribution in [3.05, 3.63) is 40.9 Å². The summed E-state index contributed by atoms with van der Waals surface area (Å²) in [7, 11) is 0. The molecule has 0 saturated carbocycles. The molecule has 1 N–H and O–H groups in total. The topological polar surface area (TPSA) is 49.4 Å². The van der Waals surface area contributed by atoms with Crippen LogP contribution in [0.1, 0.15) is 18.4 Å². The van der Waals surface area contributed by atoms with Crippen LogP contribution in [0, 0.1) is 12.8 Å². The molecule has 1 aromatic rings. The minimum Gasteiger partial charge on any atom is -0.338 e. The van der Waals surface area contributed by atoms with Crippen molar-refractivity contribution >= 4 is 33.4 Å². The van der Waals surface area contributed by atoms with Gasteiger partial charge in [-0.05, 0) is 43.5 Å². The summed E-state index contributed by atoms with van der Waals surface area (Å²) in [6, 6.07) is 5.78. The highest BCUT2D eigenvalue weighted by Crippen LogP contribution is 2.23. The van der Waals surface area contributed by atoms with Crippen molar-refractivity contribution in [3.8, 4) is 0 Å². The van der Waals surface area contributed by atoms with E-state index in [2.05, 4.69) is 27.8 Å². The molecule has 1 aromatic carbocycles. The molecule has 2 rings (SSSR count). The van der Waals surface area contributed by atoms with E-state index in [-0.39, 0.29) is 17.7 Å². The molecule has 1 atom stereocenters. The van der Waals surface area contributed by atoms with E-state index < -0.39 is 0 Å². The standard InChI is InChI=1S/C16H19BrN2O2/c1-3-15(20)19-8-4-5-12(10-19)16(21)18-14-9-13(17)7-6-11(14)2/h3,6-7,9,12H,1,4-5,8,10H2,2H3,(H,18,21). The Balaban J connectivity index is 2.04. The Morgan fingerprint density at radius 2 is 2.24 bits per heavy atom. The summed E-state index contributed by atoms with van der Waals surface area (Å²) in [6.07, 6.45) is 2.95. The molecule has 1 aliphatic heterocycles. The zero-order valence-corrected chi connectivity index (χ0v) is 13.6. The number of amides is 2. The molecule has 1 heterocycles. The second-order valence-electron chi connectivity index (χ2n) is 5.28. The maximum atomic E-state index is 12.4. The number of likely N-dealkylation sites (tertiary alicyclic amines) is 1. The first-order chi connectivity index (χ1) is 10.0. The van der Waals surface area contributed by atoms with E-state index in [0.29, 0.717) is 13.1 Å². The molecule has 21 heavy (non-hydrogen) atoms. The highest BCUT2D eigenvalue weighted by atomic mass is 79.9. The van der Waals surface area contributed by atoms with Crippen LogP contribution in [0.2, 0.25) is 0 Å². The summed E-state index contributed by atoms with van der Waals surface area (Å²) in [5.41, 5.74) is 1.82. The van der Waals surface area contributed by atoms with Gasteiger partial charge >= 0.3 is 0 Å². The van der Waals surface area contributed by atoms with E-state index in [0.717, 1.165) is 28.6 Å². The fourth-order valence-electron chi connectivity index (χ4n) is 2.48. The Labute approximate surface area is 133 Å². The number of nitrogens with one attached hydrogen (secondary N) is 1. The predicted octanol–water partition coefficient (Wildman–Crippen LogP) is 3.12. The lowest BCUT2D eigenvalue weighted by molar-refractivity contribution is -0.130. The number of piperidine rings is 1. The van der Waals surface area contributed by atoms with Crippen molar-refractivity contribution in [2.24, 2.45) is 5.92 Å². The van der Waals surface area contributed by atoms with Gasteiger partial charge in [-0.3, -0.25) is 9.59 Å². The first-order valence-electron chi connectivity index (χ1n) is 6.99. The van der Waals surface area contributed by atoms with Crippen LogP contribution >= 0.6 is 15.9 Å². The summed E-state index contributed by atoms with van der Waals surface area (Å²) < 4.78 is 0.926. The van der Waals surface area contributed by atoms with Gasteiger partial charge in [0.05, 0.1) is 5.92 Å². The number of halogens is 1. The van der Waals surface area contributed by atoms with Gasteiger partial charge in [0.1, 0.15) is 0 Å². The van der Waals surface area contributed by atoms with E-state index in [4.69, 9.17) is 0 Å². The van der Waals surface area contributed by atoms with Crippen LogP contribution in [0.25, 0.3) is 0 Å². The zero-order chi connectivity index (χ0) is 15.4. The van der Waals surface area contributed by atoms with Gasteiger partial charge in [-0.25, -0.2) is 0 Å². The Morgan fingerprint density at radius 3 is 2.95 bits per heavy atom. The highest BCUT2D eigenvalue weighted by molar-refractivity contribution is 9.10.